The van der Waals surface area contributed by atoms with Crippen molar-refractivity contribution < 1.29 is 8.42 Å². The Hall–Kier alpha value is -1.70. The Morgan fingerprint density at radius 2 is 2.00 bits per heavy atom. The summed E-state index contributed by atoms with van der Waals surface area (Å²) in [4.78, 5) is 4.64. The van der Waals surface area contributed by atoms with Crippen LogP contribution in [0.4, 0.5) is 0 Å². The minimum absolute atomic E-state index is 0.0133. The Kier molecular flexibility index (Phi) is 5.56. The summed E-state index contributed by atoms with van der Waals surface area (Å²) in [5, 5.41) is 3.39. The molecular formula is C16H24N4O2S. The van der Waals surface area contributed by atoms with Crippen LogP contribution < -0.4 is 10.0 Å². The number of rotatable bonds is 7. The molecule has 126 valence electrons. The van der Waals surface area contributed by atoms with E-state index in [1.807, 2.05) is 19.2 Å². The SMILES string of the molecule is CNS(=O)(=O)c1cccc([C@H](C)NCc2nccn2C(C)C)c1. The molecule has 0 saturated carbocycles. The van der Waals surface area contributed by atoms with Gasteiger partial charge in [0.1, 0.15) is 5.82 Å². The molecule has 1 atom stereocenters. The lowest BCUT2D eigenvalue weighted by Crippen LogP contribution is -2.22. The number of hydrogen-bond donors (Lipinski definition) is 2. The predicted octanol–water partition coefficient (Wildman–Crippen LogP) is 2.22. The molecule has 0 spiro atoms. The average molecular weight is 336 g/mol. The van der Waals surface area contributed by atoms with Crippen LogP contribution >= 0.6 is 0 Å². The molecule has 0 aliphatic carbocycles. The first-order valence-electron chi connectivity index (χ1n) is 7.63. The lowest BCUT2D eigenvalue weighted by molar-refractivity contribution is 0.508. The number of benzene rings is 1. The van der Waals surface area contributed by atoms with Gasteiger partial charge in [-0.2, -0.15) is 0 Å². The Morgan fingerprint density at radius 3 is 2.65 bits per heavy atom. The fourth-order valence-electron chi connectivity index (χ4n) is 2.38. The molecule has 2 aromatic rings. The molecule has 6 nitrogen and oxygen atoms in total. The first-order valence-corrected chi connectivity index (χ1v) is 9.12. The van der Waals surface area contributed by atoms with E-state index in [2.05, 4.69) is 33.4 Å². The van der Waals surface area contributed by atoms with Crippen LogP contribution in [0.2, 0.25) is 0 Å². The molecule has 7 heteroatoms. The Balaban J connectivity index is 2.11. The second kappa shape index (κ2) is 7.25. The van der Waals surface area contributed by atoms with E-state index in [4.69, 9.17) is 0 Å². The molecular weight excluding hydrogens is 312 g/mol. The van der Waals surface area contributed by atoms with Crippen LogP contribution in [0.3, 0.4) is 0 Å². The van der Waals surface area contributed by atoms with E-state index in [0.29, 0.717) is 12.6 Å². The van der Waals surface area contributed by atoms with Crippen molar-refractivity contribution in [3.63, 3.8) is 0 Å². The van der Waals surface area contributed by atoms with Crippen molar-refractivity contribution >= 4 is 10.0 Å². The standard InChI is InChI=1S/C16H24N4O2S/c1-12(2)20-9-8-18-16(20)11-19-13(3)14-6-5-7-15(10-14)23(21,22)17-4/h5-10,12-13,17,19H,11H2,1-4H3/t13-/m0/s1. The lowest BCUT2D eigenvalue weighted by Gasteiger charge is -2.17. The summed E-state index contributed by atoms with van der Waals surface area (Å²) in [5.74, 6) is 0.964. The van der Waals surface area contributed by atoms with Crippen molar-refractivity contribution in [2.75, 3.05) is 7.05 Å². The highest BCUT2D eigenvalue weighted by molar-refractivity contribution is 7.89. The smallest absolute Gasteiger partial charge is 0.240 e. The van der Waals surface area contributed by atoms with Gasteiger partial charge in [0.2, 0.25) is 10.0 Å². The summed E-state index contributed by atoms with van der Waals surface area (Å²) in [6.45, 7) is 6.85. The van der Waals surface area contributed by atoms with E-state index in [0.717, 1.165) is 11.4 Å². The summed E-state index contributed by atoms with van der Waals surface area (Å²) < 4.78 is 28.2. The van der Waals surface area contributed by atoms with Crippen LogP contribution in [0.15, 0.2) is 41.6 Å². The van der Waals surface area contributed by atoms with Gasteiger partial charge in [0.05, 0.1) is 11.4 Å². The van der Waals surface area contributed by atoms with Crippen molar-refractivity contribution in [3.8, 4) is 0 Å². The van der Waals surface area contributed by atoms with Gasteiger partial charge < -0.3 is 9.88 Å². The highest BCUT2D eigenvalue weighted by Crippen LogP contribution is 2.18. The summed E-state index contributed by atoms with van der Waals surface area (Å²) in [5.41, 5.74) is 0.920. The van der Waals surface area contributed by atoms with E-state index in [1.165, 1.54) is 7.05 Å². The second-order valence-corrected chi connectivity index (χ2v) is 7.61. The van der Waals surface area contributed by atoms with Gasteiger partial charge in [0.15, 0.2) is 0 Å². The third-order valence-electron chi connectivity index (χ3n) is 3.81. The van der Waals surface area contributed by atoms with Gasteiger partial charge in [-0.25, -0.2) is 18.1 Å². The van der Waals surface area contributed by atoms with E-state index in [-0.39, 0.29) is 10.9 Å². The molecule has 0 aliphatic rings. The second-order valence-electron chi connectivity index (χ2n) is 5.73. The Bertz CT molecular complexity index is 753. The highest BCUT2D eigenvalue weighted by Gasteiger charge is 2.14. The van der Waals surface area contributed by atoms with Crippen molar-refractivity contribution in [1.29, 1.82) is 0 Å². The van der Waals surface area contributed by atoms with Crippen LogP contribution in [-0.4, -0.2) is 25.0 Å². The zero-order chi connectivity index (χ0) is 17.0. The van der Waals surface area contributed by atoms with Crippen molar-refractivity contribution in [2.24, 2.45) is 0 Å². The van der Waals surface area contributed by atoms with Crippen LogP contribution in [0.5, 0.6) is 0 Å². The van der Waals surface area contributed by atoms with Crippen LogP contribution in [-0.2, 0) is 16.6 Å². The molecule has 2 rings (SSSR count). The number of nitrogens with zero attached hydrogens (tertiary/aromatic N) is 2. The van der Waals surface area contributed by atoms with E-state index >= 15 is 0 Å². The van der Waals surface area contributed by atoms with Gasteiger partial charge in [-0.15, -0.1) is 0 Å². The molecule has 0 aliphatic heterocycles. The number of aromatic nitrogens is 2. The molecule has 1 aromatic heterocycles. The number of nitrogens with one attached hydrogen (secondary N) is 2. The summed E-state index contributed by atoms with van der Waals surface area (Å²) in [7, 11) is -2.01. The maximum absolute atomic E-state index is 11.9. The third-order valence-corrected chi connectivity index (χ3v) is 5.22. The number of imidazole rings is 1. The summed E-state index contributed by atoms with van der Waals surface area (Å²) in [6, 6.07) is 7.33. The molecule has 0 fully saturated rings. The fourth-order valence-corrected chi connectivity index (χ4v) is 3.17. The van der Waals surface area contributed by atoms with E-state index in [9.17, 15) is 8.42 Å². The Morgan fingerprint density at radius 1 is 1.26 bits per heavy atom. The lowest BCUT2D eigenvalue weighted by atomic mass is 10.1. The molecule has 0 saturated heterocycles. The predicted molar refractivity (Wildman–Crippen MR) is 90.6 cm³/mol. The number of sulfonamides is 1. The molecule has 0 radical (unpaired) electrons. The minimum Gasteiger partial charge on any atom is -0.331 e. The first-order chi connectivity index (χ1) is 10.8. The monoisotopic (exact) mass is 336 g/mol. The van der Waals surface area contributed by atoms with Crippen molar-refractivity contribution in [3.05, 3.63) is 48.0 Å². The Labute approximate surface area is 138 Å². The van der Waals surface area contributed by atoms with Crippen molar-refractivity contribution in [2.45, 2.75) is 44.3 Å². The molecule has 2 N–H and O–H groups in total. The quantitative estimate of drug-likeness (QED) is 0.813. The average Bonchev–Trinajstić information content (AvgIpc) is 3.01. The maximum atomic E-state index is 11.9. The van der Waals surface area contributed by atoms with Crippen LogP contribution in [0.25, 0.3) is 0 Å². The van der Waals surface area contributed by atoms with Crippen molar-refractivity contribution in [1.82, 2.24) is 19.6 Å². The van der Waals surface area contributed by atoms with Gasteiger partial charge in [-0.3, -0.25) is 0 Å². The molecule has 1 heterocycles. The molecule has 0 amide bonds. The summed E-state index contributed by atoms with van der Waals surface area (Å²) in [6.07, 6.45) is 3.76. The van der Waals surface area contributed by atoms with E-state index < -0.39 is 10.0 Å². The molecule has 0 bridgehead atoms. The van der Waals surface area contributed by atoms with Crippen LogP contribution in [0, 0.1) is 0 Å². The molecule has 23 heavy (non-hydrogen) atoms. The maximum Gasteiger partial charge on any atom is 0.240 e. The molecule has 1 aromatic carbocycles. The van der Waals surface area contributed by atoms with Gasteiger partial charge in [0.25, 0.3) is 0 Å². The van der Waals surface area contributed by atoms with Gasteiger partial charge in [-0.1, -0.05) is 12.1 Å². The zero-order valence-electron chi connectivity index (χ0n) is 13.9. The number of hydrogen-bond acceptors (Lipinski definition) is 4. The van der Waals surface area contributed by atoms with E-state index in [1.54, 1.807) is 24.4 Å². The third kappa shape index (κ3) is 4.19. The van der Waals surface area contributed by atoms with Gasteiger partial charge in [0, 0.05) is 24.5 Å². The fraction of sp³-hybridized carbons (Fsp3) is 0.438. The first kappa shape index (κ1) is 17.7. The summed E-state index contributed by atoms with van der Waals surface area (Å²) >= 11 is 0. The largest absolute Gasteiger partial charge is 0.331 e. The normalized spacial score (nSPS) is 13.4. The van der Waals surface area contributed by atoms with Gasteiger partial charge >= 0.3 is 0 Å². The van der Waals surface area contributed by atoms with Crippen LogP contribution in [0.1, 0.15) is 44.2 Å². The topological polar surface area (TPSA) is 76.0 Å². The zero-order valence-corrected chi connectivity index (χ0v) is 14.8. The van der Waals surface area contributed by atoms with Gasteiger partial charge in [-0.05, 0) is 45.5 Å². The highest BCUT2D eigenvalue weighted by atomic mass is 32.2. The molecule has 0 unspecified atom stereocenters. The minimum atomic E-state index is -3.42.